The van der Waals surface area contributed by atoms with Gasteiger partial charge in [-0.3, -0.25) is 9.78 Å². The fraction of sp³-hybridized carbons (Fsp3) is 0.455. The fourth-order valence-electron chi connectivity index (χ4n) is 1.37. The highest BCUT2D eigenvalue weighted by Crippen LogP contribution is 2.29. The van der Waals surface area contributed by atoms with Crippen LogP contribution in [-0.4, -0.2) is 17.6 Å². The number of carbonyl (C=O) groups is 1. The van der Waals surface area contributed by atoms with Crippen LogP contribution in [0.1, 0.15) is 30.3 Å². The monoisotopic (exact) mass is 263 g/mol. The molecule has 1 heterocycles. The third kappa shape index (κ3) is 3.63. The molecule has 0 bridgehead atoms. The molecule has 1 aromatic rings. The fourth-order valence-corrected chi connectivity index (χ4v) is 1.62. The summed E-state index contributed by atoms with van der Waals surface area (Å²) in [6.45, 7) is 3.45. The summed E-state index contributed by atoms with van der Waals surface area (Å²) < 4.78 is 30.0. The molecular formula is C11H12ClF2NO2. The topological polar surface area (TPSA) is 39.2 Å². The highest BCUT2D eigenvalue weighted by molar-refractivity contribution is 6.32. The van der Waals surface area contributed by atoms with E-state index in [4.69, 9.17) is 16.3 Å². The molecule has 0 atom stereocenters. The van der Waals surface area contributed by atoms with Gasteiger partial charge in [0.05, 0.1) is 23.7 Å². The second kappa shape index (κ2) is 5.91. The summed E-state index contributed by atoms with van der Waals surface area (Å²) in [5, 5.41) is -0.168. The highest BCUT2D eigenvalue weighted by Gasteiger charge is 2.19. The van der Waals surface area contributed by atoms with Gasteiger partial charge in [-0.05, 0) is 19.9 Å². The van der Waals surface area contributed by atoms with Crippen LogP contribution >= 0.6 is 11.6 Å². The molecule has 6 heteroatoms. The van der Waals surface area contributed by atoms with Crippen molar-refractivity contribution < 1.29 is 18.3 Å². The molecule has 3 nitrogen and oxygen atoms in total. The Labute approximate surface area is 103 Å². The zero-order chi connectivity index (χ0) is 13.0. The molecule has 0 saturated heterocycles. The van der Waals surface area contributed by atoms with Crippen LogP contribution < -0.4 is 0 Å². The molecule has 1 rings (SSSR count). The SMILES string of the molecule is CCOC(=O)Cc1nc(C)cc(C(F)F)c1Cl. The second-order valence-electron chi connectivity index (χ2n) is 3.40. The number of alkyl halides is 2. The smallest absolute Gasteiger partial charge is 0.311 e. The first kappa shape index (κ1) is 13.8. The lowest BCUT2D eigenvalue weighted by Gasteiger charge is -2.09. The van der Waals surface area contributed by atoms with Crippen molar-refractivity contribution in [2.24, 2.45) is 0 Å². The Kier molecular flexibility index (Phi) is 4.81. The molecule has 0 fully saturated rings. The molecule has 0 aliphatic carbocycles. The molecule has 0 radical (unpaired) electrons. The van der Waals surface area contributed by atoms with E-state index in [1.54, 1.807) is 13.8 Å². The quantitative estimate of drug-likeness (QED) is 0.784. The number of aromatic nitrogens is 1. The predicted octanol–water partition coefficient (Wildman–Crippen LogP) is 3.09. The average Bonchev–Trinajstić information content (AvgIpc) is 2.22. The van der Waals surface area contributed by atoms with Crippen molar-refractivity contribution in [3.8, 4) is 0 Å². The van der Waals surface area contributed by atoms with E-state index in [-0.39, 0.29) is 29.3 Å². The van der Waals surface area contributed by atoms with Gasteiger partial charge in [0.2, 0.25) is 0 Å². The summed E-state index contributed by atoms with van der Waals surface area (Å²) >= 11 is 5.77. The maximum absolute atomic E-state index is 12.6. The normalized spacial score (nSPS) is 10.7. The molecule has 0 amide bonds. The number of hydrogen-bond donors (Lipinski definition) is 0. The van der Waals surface area contributed by atoms with Crippen molar-refractivity contribution in [2.45, 2.75) is 26.7 Å². The lowest BCUT2D eigenvalue weighted by Crippen LogP contribution is -2.10. The molecule has 0 aromatic carbocycles. The van der Waals surface area contributed by atoms with E-state index in [0.29, 0.717) is 5.69 Å². The molecule has 0 aliphatic rings. The maximum atomic E-state index is 12.6. The maximum Gasteiger partial charge on any atom is 0.311 e. The van der Waals surface area contributed by atoms with Gasteiger partial charge in [0.1, 0.15) is 0 Å². The number of esters is 1. The molecule has 94 valence electrons. The minimum atomic E-state index is -2.69. The van der Waals surface area contributed by atoms with Crippen molar-refractivity contribution in [3.05, 3.63) is 28.0 Å². The van der Waals surface area contributed by atoms with E-state index in [9.17, 15) is 13.6 Å². The van der Waals surface area contributed by atoms with Crippen LogP contribution in [0.25, 0.3) is 0 Å². The van der Waals surface area contributed by atoms with Gasteiger partial charge in [0.25, 0.3) is 6.43 Å². The second-order valence-corrected chi connectivity index (χ2v) is 3.77. The zero-order valence-corrected chi connectivity index (χ0v) is 10.2. The Hall–Kier alpha value is -1.23. The van der Waals surface area contributed by atoms with Gasteiger partial charge in [0, 0.05) is 11.3 Å². The first-order chi connectivity index (χ1) is 7.95. The van der Waals surface area contributed by atoms with E-state index in [2.05, 4.69) is 4.98 Å². The van der Waals surface area contributed by atoms with Gasteiger partial charge in [-0.1, -0.05) is 11.6 Å². The van der Waals surface area contributed by atoms with Gasteiger partial charge < -0.3 is 4.74 Å². The van der Waals surface area contributed by atoms with E-state index in [0.717, 1.165) is 0 Å². The predicted molar refractivity (Wildman–Crippen MR) is 59.3 cm³/mol. The number of hydrogen-bond acceptors (Lipinski definition) is 3. The molecule has 0 aliphatic heterocycles. The van der Waals surface area contributed by atoms with Gasteiger partial charge >= 0.3 is 5.97 Å². The van der Waals surface area contributed by atoms with E-state index in [1.807, 2.05) is 0 Å². The summed E-state index contributed by atoms with van der Waals surface area (Å²) in [6, 6.07) is 1.21. The van der Waals surface area contributed by atoms with Crippen LogP contribution in [0.15, 0.2) is 6.07 Å². The standard InChI is InChI=1S/C11H12ClF2NO2/c1-3-17-9(16)5-8-10(12)7(11(13)14)4-6(2)15-8/h4,11H,3,5H2,1-2H3. The van der Waals surface area contributed by atoms with Crippen LogP contribution in [0, 0.1) is 6.92 Å². The molecular weight excluding hydrogens is 252 g/mol. The van der Waals surface area contributed by atoms with Crippen LogP contribution in [0.3, 0.4) is 0 Å². The van der Waals surface area contributed by atoms with Crippen molar-refractivity contribution in [1.82, 2.24) is 4.98 Å². The molecule has 1 aromatic heterocycles. The summed E-state index contributed by atoms with van der Waals surface area (Å²) in [5.74, 6) is -0.535. The number of carbonyl (C=O) groups excluding carboxylic acids is 1. The molecule has 0 saturated carbocycles. The Bertz CT molecular complexity index is 424. The highest BCUT2D eigenvalue weighted by atomic mass is 35.5. The Balaban J connectivity index is 3.03. The third-order valence-corrected chi connectivity index (χ3v) is 2.47. The molecule has 0 N–H and O–H groups in total. The number of nitrogens with zero attached hydrogens (tertiary/aromatic N) is 1. The van der Waals surface area contributed by atoms with Crippen molar-refractivity contribution in [3.63, 3.8) is 0 Å². The van der Waals surface area contributed by atoms with E-state index in [1.165, 1.54) is 6.07 Å². The summed E-state index contributed by atoms with van der Waals surface area (Å²) in [5.41, 5.74) is 0.211. The third-order valence-electron chi connectivity index (χ3n) is 2.03. The van der Waals surface area contributed by atoms with Crippen LogP contribution in [0.2, 0.25) is 5.02 Å². The minimum Gasteiger partial charge on any atom is -0.466 e. The number of pyridine rings is 1. The van der Waals surface area contributed by atoms with E-state index < -0.39 is 12.4 Å². The van der Waals surface area contributed by atoms with Gasteiger partial charge in [-0.2, -0.15) is 0 Å². The van der Waals surface area contributed by atoms with Gasteiger partial charge in [-0.25, -0.2) is 8.78 Å². The van der Waals surface area contributed by atoms with Gasteiger partial charge in [-0.15, -0.1) is 0 Å². The minimum absolute atomic E-state index is 0.125. The summed E-state index contributed by atoms with van der Waals surface area (Å²) in [4.78, 5) is 15.2. The zero-order valence-electron chi connectivity index (χ0n) is 9.47. The number of aryl methyl sites for hydroxylation is 1. The Morgan fingerprint density at radius 3 is 2.76 bits per heavy atom. The lowest BCUT2D eigenvalue weighted by atomic mass is 10.1. The largest absolute Gasteiger partial charge is 0.466 e. The van der Waals surface area contributed by atoms with Crippen molar-refractivity contribution >= 4 is 17.6 Å². The molecule has 17 heavy (non-hydrogen) atoms. The molecule has 0 unspecified atom stereocenters. The van der Waals surface area contributed by atoms with Crippen molar-refractivity contribution in [1.29, 1.82) is 0 Å². The average molecular weight is 264 g/mol. The number of halogens is 3. The first-order valence-corrected chi connectivity index (χ1v) is 5.43. The Morgan fingerprint density at radius 2 is 2.24 bits per heavy atom. The molecule has 0 spiro atoms. The summed E-state index contributed by atoms with van der Waals surface area (Å²) in [7, 11) is 0. The Morgan fingerprint density at radius 1 is 1.59 bits per heavy atom. The first-order valence-electron chi connectivity index (χ1n) is 5.05. The number of ether oxygens (including phenoxy) is 1. The lowest BCUT2D eigenvalue weighted by molar-refractivity contribution is -0.142. The van der Waals surface area contributed by atoms with Crippen molar-refractivity contribution in [2.75, 3.05) is 6.61 Å². The van der Waals surface area contributed by atoms with Crippen LogP contribution in [0.4, 0.5) is 8.78 Å². The van der Waals surface area contributed by atoms with Gasteiger partial charge in [0.15, 0.2) is 0 Å². The van der Waals surface area contributed by atoms with Crippen LogP contribution in [-0.2, 0) is 16.0 Å². The summed E-state index contributed by atoms with van der Waals surface area (Å²) in [6.07, 6.45) is -2.89. The number of rotatable bonds is 4. The van der Waals surface area contributed by atoms with Crippen LogP contribution in [0.5, 0.6) is 0 Å². The van der Waals surface area contributed by atoms with E-state index >= 15 is 0 Å².